The fourth-order valence-electron chi connectivity index (χ4n) is 3.69. The van der Waals surface area contributed by atoms with Gasteiger partial charge >= 0.3 is 5.97 Å². The molecule has 1 aromatic carbocycles. The van der Waals surface area contributed by atoms with Crippen LogP contribution in [0.3, 0.4) is 0 Å². The van der Waals surface area contributed by atoms with Gasteiger partial charge in [0.05, 0.1) is 0 Å². The lowest BCUT2D eigenvalue weighted by Crippen LogP contribution is -2.11. The number of carbonyl (C=O) groups excluding carboxylic acids is 1. The summed E-state index contributed by atoms with van der Waals surface area (Å²) in [7, 11) is 0. The predicted molar refractivity (Wildman–Crippen MR) is 116 cm³/mol. The third kappa shape index (κ3) is 12.7. The van der Waals surface area contributed by atoms with Crippen LogP contribution >= 0.6 is 0 Å². The molecule has 0 saturated heterocycles. The van der Waals surface area contributed by atoms with E-state index in [1.165, 1.54) is 77.0 Å². The number of hydrogen-bond acceptors (Lipinski definition) is 2. The first kappa shape index (κ1) is 23.7. The normalized spacial score (nSPS) is 12.1. The van der Waals surface area contributed by atoms with Gasteiger partial charge in [0.2, 0.25) is 0 Å². The molecule has 2 nitrogen and oxygen atoms in total. The van der Waals surface area contributed by atoms with Crippen molar-refractivity contribution >= 4 is 5.97 Å². The number of benzene rings is 1. The lowest BCUT2D eigenvalue weighted by molar-refractivity contribution is -0.134. The molecule has 0 fully saturated rings. The lowest BCUT2D eigenvalue weighted by Gasteiger charge is -2.16. The second kappa shape index (κ2) is 15.7. The van der Waals surface area contributed by atoms with Gasteiger partial charge in [-0.2, -0.15) is 0 Å². The van der Waals surface area contributed by atoms with Crippen LogP contribution in [0.1, 0.15) is 109 Å². The maximum Gasteiger partial charge on any atom is 0.311 e. The van der Waals surface area contributed by atoms with E-state index >= 15 is 0 Å². The van der Waals surface area contributed by atoms with E-state index in [9.17, 15) is 4.79 Å². The molecule has 27 heavy (non-hydrogen) atoms. The average Bonchev–Trinajstić information content (AvgIpc) is 2.65. The van der Waals surface area contributed by atoms with E-state index in [-0.39, 0.29) is 5.97 Å². The molecule has 1 aromatic rings. The topological polar surface area (TPSA) is 26.3 Å². The van der Waals surface area contributed by atoms with Crippen molar-refractivity contribution in [2.45, 2.75) is 111 Å². The molecule has 0 heterocycles. The first-order valence-electron chi connectivity index (χ1n) is 11.4. The fraction of sp³-hybridized carbons (Fsp3) is 0.720. The molecule has 0 spiro atoms. The van der Waals surface area contributed by atoms with Gasteiger partial charge in [0.25, 0.3) is 0 Å². The number of esters is 1. The zero-order chi connectivity index (χ0) is 19.7. The number of ether oxygens (including phenoxy) is 1. The molecule has 0 amide bonds. The summed E-state index contributed by atoms with van der Waals surface area (Å²) in [6, 6.07) is 7.75. The Bertz CT molecular complexity index is 495. The zero-order valence-electron chi connectivity index (χ0n) is 18.1. The maximum atomic E-state index is 12.2. The highest BCUT2D eigenvalue weighted by Gasteiger charge is 2.13. The van der Waals surface area contributed by atoms with Crippen LogP contribution in [0.15, 0.2) is 24.3 Å². The number of carbonyl (C=O) groups is 1. The van der Waals surface area contributed by atoms with E-state index in [4.69, 9.17) is 4.74 Å². The van der Waals surface area contributed by atoms with Crippen LogP contribution in [-0.4, -0.2) is 5.97 Å². The van der Waals surface area contributed by atoms with Gasteiger partial charge in [-0.05, 0) is 37.0 Å². The molecule has 0 bridgehead atoms. The van der Waals surface area contributed by atoms with Crippen molar-refractivity contribution in [2.75, 3.05) is 0 Å². The minimum absolute atomic E-state index is 0.0814. The molecule has 0 saturated carbocycles. The Morgan fingerprint density at radius 2 is 1.44 bits per heavy atom. The van der Waals surface area contributed by atoms with Crippen molar-refractivity contribution in [3.05, 3.63) is 29.8 Å². The Kier molecular flexibility index (Phi) is 13.8. The molecule has 1 atom stereocenters. The number of hydrogen-bond donors (Lipinski definition) is 0. The minimum Gasteiger partial charge on any atom is -0.427 e. The molecular formula is C25H42O2. The number of unbranched alkanes of at least 4 members (excludes halogenated alkanes) is 8. The highest BCUT2D eigenvalue weighted by molar-refractivity contribution is 5.72. The predicted octanol–water partition coefficient (Wildman–Crippen LogP) is 8.02. The smallest absolute Gasteiger partial charge is 0.311 e. The third-order valence-corrected chi connectivity index (χ3v) is 5.41. The summed E-state index contributed by atoms with van der Waals surface area (Å²) in [5, 5.41) is 0. The van der Waals surface area contributed by atoms with Gasteiger partial charge in [-0.3, -0.25) is 4.79 Å². The largest absolute Gasteiger partial charge is 0.427 e. The van der Waals surface area contributed by atoms with E-state index in [0.29, 0.717) is 18.1 Å². The van der Waals surface area contributed by atoms with E-state index < -0.39 is 0 Å². The summed E-state index contributed by atoms with van der Waals surface area (Å²) in [5.74, 6) is 1.27. The molecule has 1 rings (SSSR count). The fourth-order valence-corrected chi connectivity index (χ4v) is 3.69. The highest BCUT2D eigenvalue weighted by atomic mass is 16.5. The first-order valence-corrected chi connectivity index (χ1v) is 11.4. The molecule has 0 radical (unpaired) electrons. The van der Waals surface area contributed by atoms with Gasteiger partial charge in [-0.25, -0.2) is 0 Å². The molecule has 0 aliphatic heterocycles. The summed E-state index contributed by atoms with van der Waals surface area (Å²) < 4.78 is 5.52. The molecular weight excluding hydrogens is 332 g/mol. The standard InChI is InChI=1S/C25H42O2/c1-4-6-8-10-11-13-17-23(16-12-9-7-5-2)19-20-25(26)27-24-18-14-15-22(3)21-24/h14-15,18,21,23H,4-13,16-17,19-20H2,1-3H3. The van der Waals surface area contributed by atoms with Crippen molar-refractivity contribution < 1.29 is 9.53 Å². The molecule has 1 unspecified atom stereocenters. The van der Waals surface area contributed by atoms with Gasteiger partial charge in [0.15, 0.2) is 0 Å². The Balaban J connectivity index is 2.33. The SMILES string of the molecule is CCCCCCCCC(CCCCCC)CCC(=O)Oc1cccc(C)c1. The zero-order valence-corrected chi connectivity index (χ0v) is 18.1. The van der Waals surface area contributed by atoms with E-state index in [1.54, 1.807) is 0 Å². The van der Waals surface area contributed by atoms with Crippen molar-refractivity contribution in [1.29, 1.82) is 0 Å². The van der Waals surface area contributed by atoms with Crippen molar-refractivity contribution in [3.63, 3.8) is 0 Å². The summed E-state index contributed by atoms with van der Waals surface area (Å²) in [6.07, 6.45) is 17.4. The quantitative estimate of drug-likeness (QED) is 0.166. The minimum atomic E-state index is -0.0814. The van der Waals surface area contributed by atoms with Gasteiger partial charge in [-0.15, -0.1) is 0 Å². The average molecular weight is 375 g/mol. The molecule has 0 aliphatic rings. The van der Waals surface area contributed by atoms with Gasteiger partial charge in [0, 0.05) is 6.42 Å². The lowest BCUT2D eigenvalue weighted by atomic mass is 9.90. The summed E-state index contributed by atoms with van der Waals surface area (Å²) >= 11 is 0. The maximum absolute atomic E-state index is 12.2. The van der Waals surface area contributed by atoms with Crippen LogP contribution in [0, 0.1) is 12.8 Å². The molecule has 0 aliphatic carbocycles. The summed E-state index contributed by atoms with van der Waals surface area (Å²) in [4.78, 5) is 12.2. The van der Waals surface area contributed by atoms with Crippen molar-refractivity contribution in [3.8, 4) is 5.75 Å². The van der Waals surface area contributed by atoms with E-state index in [0.717, 1.165) is 12.0 Å². The molecule has 0 N–H and O–H groups in total. The number of aryl methyl sites for hydroxylation is 1. The van der Waals surface area contributed by atoms with E-state index in [1.807, 2.05) is 31.2 Å². The Morgan fingerprint density at radius 3 is 2.07 bits per heavy atom. The Hall–Kier alpha value is -1.31. The second-order valence-electron chi connectivity index (χ2n) is 8.10. The van der Waals surface area contributed by atoms with Crippen LogP contribution in [0.5, 0.6) is 5.75 Å². The highest BCUT2D eigenvalue weighted by Crippen LogP contribution is 2.24. The van der Waals surface area contributed by atoms with Crippen LogP contribution in [0.2, 0.25) is 0 Å². The molecule has 2 heteroatoms. The van der Waals surface area contributed by atoms with Gasteiger partial charge in [-0.1, -0.05) is 103 Å². The second-order valence-corrected chi connectivity index (χ2v) is 8.10. The van der Waals surface area contributed by atoms with Crippen molar-refractivity contribution in [1.82, 2.24) is 0 Å². The Labute approximate surface area is 168 Å². The van der Waals surface area contributed by atoms with Crippen LogP contribution in [0.25, 0.3) is 0 Å². The van der Waals surface area contributed by atoms with Gasteiger partial charge < -0.3 is 4.74 Å². The van der Waals surface area contributed by atoms with Crippen LogP contribution in [-0.2, 0) is 4.79 Å². The van der Waals surface area contributed by atoms with Crippen molar-refractivity contribution in [2.24, 2.45) is 5.92 Å². The summed E-state index contributed by atoms with van der Waals surface area (Å²) in [5.41, 5.74) is 1.12. The monoisotopic (exact) mass is 374 g/mol. The van der Waals surface area contributed by atoms with Gasteiger partial charge in [0.1, 0.15) is 5.75 Å². The van der Waals surface area contributed by atoms with Crippen LogP contribution < -0.4 is 4.74 Å². The number of rotatable bonds is 16. The molecule has 154 valence electrons. The van der Waals surface area contributed by atoms with Crippen LogP contribution in [0.4, 0.5) is 0 Å². The third-order valence-electron chi connectivity index (χ3n) is 5.41. The molecule has 0 aromatic heterocycles. The van der Waals surface area contributed by atoms with E-state index in [2.05, 4.69) is 13.8 Å². The summed E-state index contributed by atoms with van der Waals surface area (Å²) in [6.45, 7) is 6.54. The Morgan fingerprint density at radius 1 is 0.852 bits per heavy atom. The first-order chi connectivity index (χ1) is 13.2.